The second-order valence-corrected chi connectivity index (χ2v) is 10.6. The Labute approximate surface area is 223 Å². The highest BCUT2D eigenvalue weighted by Crippen LogP contribution is 2.34. The third-order valence-corrected chi connectivity index (χ3v) is 6.90. The smallest absolute Gasteiger partial charge is 0.410 e. The van der Waals surface area contributed by atoms with Crippen molar-refractivity contribution >= 4 is 23.7 Å². The van der Waals surface area contributed by atoms with Crippen molar-refractivity contribution in [1.29, 1.82) is 0 Å². The third kappa shape index (κ3) is 5.30. The van der Waals surface area contributed by atoms with Gasteiger partial charge in [-0.3, -0.25) is 4.79 Å². The molecule has 38 heavy (non-hydrogen) atoms. The van der Waals surface area contributed by atoms with Gasteiger partial charge in [-0.15, -0.1) is 0 Å². The van der Waals surface area contributed by atoms with Gasteiger partial charge >= 0.3 is 12.1 Å². The van der Waals surface area contributed by atoms with Crippen molar-refractivity contribution < 1.29 is 23.9 Å². The third-order valence-electron chi connectivity index (χ3n) is 6.90. The summed E-state index contributed by atoms with van der Waals surface area (Å²) >= 11 is 0. The summed E-state index contributed by atoms with van der Waals surface area (Å²) in [7, 11) is 4.98. The van der Waals surface area contributed by atoms with Crippen molar-refractivity contribution in [2.24, 2.45) is 7.05 Å². The van der Waals surface area contributed by atoms with Crippen LogP contribution in [0.3, 0.4) is 0 Å². The lowest BCUT2D eigenvalue weighted by molar-refractivity contribution is 0.0224. The first-order valence-corrected chi connectivity index (χ1v) is 12.6. The number of fused-ring (bicyclic) bond motifs is 1. The van der Waals surface area contributed by atoms with Gasteiger partial charge in [0.1, 0.15) is 5.60 Å². The van der Waals surface area contributed by atoms with Crippen LogP contribution in [-0.2, 0) is 29.5 Å². The van der Waals surface area contributed by atoms with Gasteiger partial charge < -0.3 is 23.8 Å². The van der Waals surface area contributed by atoms with Gasteiger partial charge in [0, 0.05) is 49.8 Å². The SMILES string of the molecule is COC(=O)c1cc2c(cc1-c1cc(C(=O)N(C)c3ccccc3)c(C)n1C)CCN(C(=O)OC(C)(C)C)C2. The molecule has 1 aromatic heterocycles. The quantitative estimate of drug-likeness (QED) is 0.436. The standard InChI is InChI=1S/C30H35N3O5/c1-19-23(27(34)32(6)22-11-9-8-10-12-22)17-26(31(19)5)24-15-20-13-14-33(29(36)38-30(2,3)4)18-21(20)16-25(24)28(35)37-7/h8-12,15-17H,13-14,18H2,1-7H3. The zero-order valence-electron chi connectivity index (χ0n) is 23.1. The maximum Gasteiger partial charge on any atom is 0.410 e. The van der Waals surface area contributed by atoms with E-state index in [1.807, 2.05) is 81.8 Å². The number of rotatable bonds is 4. The van der Waals surface area contributed by atoms with E-state index >= 15 is 0 Å². The molecule has 0 N–H and O–H groups in total. The van der Waals surface area contributed by atoms with E-state index in [9.17, 15) is 14.4 Å². The van der Waals surface area contributed by atoms with Crippen molar-refractivity contribution in [2.75, 3.05) is 25.6 Å². The Hall–Kier alpha value is -4.07. The van der Waals surface area contributed by atoms with E-state index in [4.69, 9.17) is 9.47 Å². The molecule has 0 spiro atoms. The zero-order valence-corrected chi connectivity index (χ0v) is 23.1. The number of anilines is 1. The Morgan fingerprint density at radius 1 is 0.974 bits per heavy atom. The number of methoxy groups -OCH3 is 1. The number of nitrogens with zero attached hydrogens (tertiary/aromatic N) is 3. The fraction of sp³-hybridized carbons (Fsp3) is 0.367. The molecule has 2 heterocycles. The largest absolute Gasteiger partial charge is 0.465 e. The lowest BCUT2D eigenvalue weighted by Gasteiger charge is -2.31. The molecule has 0 unspecified atom stereocenters. The topological polar surface area (TPSA) is 81.1 Å². The van der Waals surface area contributed by atoms with Gasteiger partial charge in [-0.25, -0.2) is 9.59 Å². The monoisotopic (exact) mass is 517 g/mol. The number of ether oxygens (including phenoxy) is 2. The summed E-state index contributed by atoms with van der Waals surface area (Å²) in [5, 5.41) is 0. The summed E-state index contributed by atoms with van der Waals surface area (Å²) in [6.07, 6.45) is 0.241. The first-order valence-electron chi connectivity index (χ1n) is 12.6. The van der Waals surface area contributed by atoms with Gasteiger partial charge in [-0.05, 0) is 75.6 Å². The van der Waals surface area contributed by atoms with Crippen LogP contribution in [0, 0.1) is 6.92 Å². The zero-order chi connectivity index (χ0) is 27.8. The molecule has 8 heteroatoms. The molecule has 200 valence electrons. The molecule has 0 fully saturated rings. The fourth-order valence-electron chi connectivity index (χ4n) is 4.71. The van der Waals surface area contributed by atoms with E-state index in [1.165, 1.54) is 7.11 Å². The Morgan fingerprint density at radius 3 is 2.29 bits per heavy atom. The van der Waals surface area contributed by atoms with Crippen molar-refractivity contribution in [2.45, 2.75) is 46.3 Å². The molecule has 2 amide bonds. The van der Waals surface area contributed by atoms with E-state index in [0.29, 0.717) is 36.2 Å². The predicted octanol–water partition coefficient (Wildman–Crippen LogP) is 5.36. The van der Waals surface area contributed by atoms with Crippen LogP contribution >= 0.6 is 0 Å². The highest BCUT2D eigenvalue weighted by molar-refractivity contribution is 6.08. The summed E-state index contributed by atoms with van der Waals surface area (Å²) in [5.41, 5.74) is 5.27. The molecule has 0 saturated carbocycles. The minimum absolute atomic E-state index is 0.138. The molecule has 3 aromatic rings. The Balaban J connectivity index is 1.73. The van der Waals surface area contributed by atoms with Crippen LogP contribution in [-0.4, -0.2) is 53.7 Å². The number of aromatic nitrogens is 1. The Morgan fingerprint density at radius 2 is 1.66 bits per heavy atom. The van der Waals surface area contributed by atoms with Gasteiger partial charge in [-0.2, -0.15) is 0 Å². The molecule has 0 saturated heterocycles. The van der Waals surface area contributed by atoms with E-state index in [1.54, 1.807) is 22.9 Å². The predicted molar refractivity (Wildman–Crippen MR) is 146 cm³/mol. The van der Waals surface area contributed by atoms with Crippen LogP contribution in [0.25, 0.3) is 11.3 Å². The van der Waals surface area contributed by atoms with Gasteiger partial charge in [-0.1, -0.05) is 18.2 Å². The number of hydrogen-bond acceptors (Lipinski definition) is 5. The molecular weight excluding hydrogens is 482 g/mol. The Bertz CT molecular complexity index is 1390. The second-order valence-electron chi connectivity index (χ2n) is 10.6. The average Bonchev–Trinajstić information content (AvgIpc) is 3.19. The highest BCUT2D eigenvalue weighted by atomic mass is 16.6. The molecule has 0 radical (unpaired) electrons. The second kappa shape index (κ2) is 10.4. The van der Waals surface area contributed by atoms with Crippen LogP contribution in [0.15, 0.2) is 48.5 Å². The number of amides is 2. The molecular formula is C30H35N3O5. The molecule has 0 atom stereocenters. The summed E-state index contributed by atoms with van der Waals surface area (Å²) < 4.78 is 12.6. The van der Waals surface area contributed by atoms with Crippen LogP contribution in [0.5, 0.6) is 0 Å². The molecule has 0 bridgehead atoms. The van der Waals surface area contributed by atoms with Crippen molar-refractivity contribution in [3.8, 4) is 11.3 Å². The normalized spacial score (nSPS) is 13.1. The van der Waals surface area contributed by atoms with E-state index in [-0.39, 0.29) is 12.0 Å². The van der Waals surface area contributed by atoms with E-state index < -0.39 is 11.6 Å². The maximum atomic E-state index is 13.4. The summed E-state index contributed by atoms with van der Waals surface area (Å²) in [6.45, 7) is 8.25. The van der Waals surface area contributed by atoms with Gasteiger partial charge in [0.15, 0.2) is 0 Å². The Kier molecular flexibility index (Phi) is 7.35. The van der Waals surface area contributed by atoms with Crippen molar-refractivity contribution in [1.82, 2.24) is 9.47 Å². The number of esters is 1. The number of carbonyl (C=O) groups is 3. The first kappa shape index (κ1) is 27.0. The van der Waals surface area contributed by atoms with E-state index in [0.717, 1.165) is 28.2 Å². The molecule has 1 aliphatic rings. The first-order chi connectivity index (χ1) is 17.9. The van der Waals surface area contributed by atoms with Crippen molar-refractivity contribution in [3.63, 3.8) is 0 Å². The van der Waals surface area contributed by atoms with Gasteiger partial charge in [0.2, 0.25) is 0 Å². The number of hydrogen-bond donors (Lipinski definition) is 0. The molecule has 0 aliphatic carbocycles. The van der Waals surface area contributed by atoms with Crippen LogP contribution < -0.4 is 4.90 Å². The number of para-hydroxylation sites is 1. The number of benzene rings is 2. The molecule has 4 rings (SSSR count). The highest BCUT2D eigenvalue weighted by Gasteiger charge is 2.29. The maximum absolute atomic E-state index is 13.4. The van der Waals surface area contributed by atoms with Crippen LogP contribution in [0.1, 0.15) is 58.3 Å². The minimum atomic E-state index is -0.591. The van der Waals surface area contributed by atoms with Crippen molar-refractivity contribution in [3.05, 3.63) is 76.5 Å². The summed E-state index contributed by atoms with van der Waals surface area (Å²) in [4.78, 5) is 42.3. The average molecular weight is 518 g/mol. The minimum Gasteiger partial charge on any atom is -0.465 e. The summed E-state index contributed by atoms with van der Waals surface area (Å²) in [5.74, 6) is -0.619. The lowest BCUT2D eigenvalue weighted by Crippen LogP contribution is -2.40. The van der Waals surface area contributed by atoms with E-state index in [2.05, 4.69) is 0 Å². The molecule has 2 aromatic carbocycles. The molecule has 1 aliphatic heterocycles. The van der Waals surface area contributed by atoms with Crippen LogP contribution in [0.2, 0.25) is 0 Å². The van der Waals surface area contributed by atoms with Gasteiger partial charge in [0.25, 0.3) is 5.91 Å². The summed E-state index contributed by atoms with van der Waals surface area (Å²) in [6, 6.07) is 15.1. The van der Waals surface area contributed by atoms with Gasteiger partial charge in [0.05, 0.1) is 18.2 Å². The lowest BCUT2D eigenvalue weighted by atomic mass is 9.92. The van der Waals surface area contributed by atoms with Crippen LogP contribution in [0.4, 0.5) is 10.5 Å². The molecule has 8 nitrogen and oxygen atoms in total. The fourth-order valence-corrected chi connectivity index (χ4v) is 4.71. The number of carbonyl (C=O) groups excluding carboxylic acids is 3.